The van der Waals surface area contributed by atoms with Crippen molar-refractivity contribution in [3.05, 3.63) is 50.9 Å². The zero-order chi connectivity index (χ0) is 18.1. The lowest BCUT2D eigenvalue weighted by molar-refractivity contribution is 0.0633. The van der Waals surface area contributed by atoms with Crippen LogP contribution in [-0.4, -0.2) is 46.9 Å². The minimum atomic E-state index is 0.0882. The van der Waals surface area contributed by atoms with Gasteiger partial charge in [-0.2, -0.15) is 0 Å². The summed E-state index contributed by atoms with van der Waals surface area (Å²) in [4.78, 5) is 23.9. The first-order chi connectivity index (χ1) is 12.6. The standard InChI is InChI=1S/C19H21N3O2S2/c1-13-5-6-16(24-13)18-20-14(2)17(26-18)19(23)22-9-7-21(8-10-22)12-15-4-3-11-25-15/h3-6,11H,7-10,12H2,1-2H3. The average molecular weight is 388 g/mol. The van der Waals surface area contributed by atoms with E-state index in [2.05, 4.69) is 27.4 Å². The maximum absolute atomic E-state index is 12.9. The Bertz CT molecular complexity index is 890. The first-order valence-corrected chi connectivity index (χ1v) is 10.4. The topological polar surface area (TPSA) is 49.6 Å². The quantitative estimate of drug-likeness (QED) is 0.678. The van der Waals surface area contributed by atoms with E-state index in [1.165, 1.54) is 16.2 Å². The van der Waals surface area contributed by atoms with Gasteiger partial charge in [-0.05, 0) is 37.4 Å². The van der Waals surface area contributed by atoms with Crippen LogP contribution in [0.5, 0.6) is 0 Å². The molecule has 1 amide bonds. The third kappa shape index (κ3) is 3.60. The molecule has 4 heterocycles. The highest BCUT2D eigenvalue weighted by Gasteiger charge is 2.26. The van der Waals surface area contributed by atoms with Crippen LogP contribution >= 0.6 is 22.7 Å². The molecule has 0 saturated carbocycles. The normalized spacial score (nSPS) is 15.5. The molecule has 1 saturated heterocycles. The van der Waals surface area contributed by atoms with Gasteiger partial charge in [-0.1, -0.05) is 6.07 Å². The number of hydrogen-bond acceptors (Lipinski definition) is 6. The Hall–Kier alpha value is -1.96. The summed E-state index contributed by atoms with van der Waals surface area (Å²) in [6.07, 6.45) is 0. The van der Waals surface area contributed by atoms with Crippen LogP contribution in [0.4, 0.5) is 0 Å². The van der Waals surface area contributed by atoms with Gasteiger partial charge >= 0.3 is 0 Å². The van der Waals surface area contributed by atoms with E-state index >= 15 is 0 Å². The molecule has 4 rings (SSSR count). The number of carbonyl (C=O) groups excluding carboxylic acids is 1. The minimum absolute atomic E-state index is 0.0882. The molecule has 0 unspecified atom stereocenters. The van der Waals surface area contributed by atoms with Crippen LogP contribution in [0.3, 0.4) is 0 Å². The van der Waals surface area contributed by atoms with E-state index in [-0.39, 0.29) is 5.91 Å². The molecule has 3 aromatic rings. The van der Waals surface area contributed by atoms with E-state index in [0.29, 0.717) is 0 Å². The van der Waals surface area contributed by atoms with Crippen LogP contribution < -0.4 is 0 Å². The molecular weight excluding hydrogens is 366 g/mol. The maximum atomic E-state index is 12.9. The molecule has 1 aliphatic heterocycles. The molecule has 0 aromatic carbocycles. The molecule has 1 fully saturated rings. The lowest BCUT2D eigenvalue weighted by Gasteiger charge is -2.34. The van der Waals surface area contributed by atoms with Crippen molar-refractivity contribution in [2.75, 3.05) is 26.2 Å². The predicted molar refractivity (Wildman–Crippen MR) is 105 cm³/mol. The number of amides is 1. The van der Waals surface area contributed by atoms with Crippen molar-refractivity contribution in [1.29, 1.82) is 0 Å². The maximum Gasteiger partial charge on any atom is 0.265 e. The van der Waals surface area contributed by atoms with Gasteiger partial charge in [-0.15, -0.1) is 22.7 Å². The van der Waals surface area contributed by atoms with Crippen LogP contribution in [-0.2, 0) is 6.54 Å². The molecule has 0 bridgehead atoms. The van der Waals surface area contributed by atoms with Crippen molar-refractivity contribution in [2.24, 2.45) is 0 Å². The third-order valence-electron chi connectivity index (χ3n) is 4.56. The molecule has 0 atom stereocenters. The van der Waals surface area contributed by atoms with Crippen molar-refractivity contribution in [1.82, 2.24) is 14.8 Å². The molecule has 0 radical (unpaired) electrons. The second kappa shape index (κ2) is 7.34. The Kier molecular flexibility index (Phi) is 4.93. The summed E-state index contributed by atoms with van der Waals surface area (Å²) >= 11 is 3.21. The van der Waals surface area contributed by atoms with Crippen LogP contribution in [0.25, 0.3) is 10.8 Å². The van der Waals surface area contributed by atoms with Gasteiger partial charge in [0.15, 0.2) is 10.8 Å². The summed E-state index contributed by atoms with van der Waals surface area (Å²) in [5.41, 5.74) is 0.782. The zero-order valence-electron chi connectivity index (χ0n) is 14.9. The first kappa shape index (κ1) is 17.5. The molecule has 0 aliphatic carbocycles. The smallest absolute Gasteiger partial charge is 0.265 e. The molecule has 26 heavy (non-hydrogen) atoms. The Labute approximate surface area is 160 Å². The zero-order valence-corrected chi connectivity index (χ0v) is 16.5. The molecule has 3 aromatic heterocycles. The van der Waals surface area contributed by atoms with E-state index in [1.807, 2.05) is 30.9 Å². The van der Waals surface area contributed by atoms with Crippen molar-refractivity contribution < 1.29 is 9.21 Å². The Balaban J connectivity index is 1.41. The highest BCUT2D eigenvalue weighted by molar-refractivity contribution is 7.17. The largest absolute Gasteiger partial charge is 0.459 e. The second-order valence-corrected chi connectivity index (χ2v) is 8.52. The van der Waals surface area contributed by atoms with Gasteiger partial charge < -0.3 is 9.32 Å². The summed E-state index contributed by atoms with van der Waals surface area (Å²) in [6.45, 7) is 8.12. The van der Waals surface area contributed by atoms with Gasteiger partial charge in [0.05, 0.1) is 5.69 Å². The summed E-state index contributed by atoms with van der Waals surface area (Å²) < 4.78 is 5.64. The van der Waals surface area contributed by atoms with Crippen LogP contribution in [0.2, 0.25) is 0 Å². The molecule has 5 nitrogen and oxygen atoms in total. The van der Waals surface area contributed by atoms with Crippen LogP contribution in [0.15, 0.2) is 34.1 Å². The summed E-state index contributed by atoms with van der Waals surface area (Å²) in [6, 6.07) is 8.08. The average Bonchev–Trinajstić information content (AvgIpc) is 3.37. The molecule has 0 spiro atoms. The summed E-state index contributed by atoms with van der Waals surface area (Å²) in [5.74, 6) is 1.67. The van der Waals surface area contributed by atoms with E-state index in [1.54, 1.807) is 11.3 Å². The molecule has 1 aliphatic rings. The Morgan fingerprint density at radius 1 is 1.19 bits per heavy atom. The van der Waals surface area contributed by atoms with Gasteiger partial charge in [-0.25, -0.2) is 4.98 Å². The Morgan fingerprint density at radius 2 is 2.00 bits per heavy atom. The fourth-order valence-electron chi connectivity index (χ4n) is 3.13. The molecule has 136 valence electrons. The number of carbonyl (C=O) groups is 1. The summed E-state index contributed by atoms with van der Waals surface area (Å²) in [7, 11) is 0. The second-order valence-electron chi connectivity index (χ2n) is 6.49. The van der Waals surface area contributed by atoms with Crippen molar-refractivity contribution in [2.45, 2.75) is 20.4 Å². The number of furan rings is 1. The van der Waals surface area contributed by atoms with Crippen molar-refractivity contribution in [3.63, 3.8) is 0 Å². The van der Waals surface area contributed by atoms with Gasteiger partial charge in [0, 0.05) is 37.6 Å². The van der Waals surface area contributed by atoms with Gasteiger partial charge in [-0.3, -0.25) is 9.69 Å². The highest BCUT2D eigenvalue weighted by atomic mass is 32.1. The lowest BCUT2D eigenvalue weighted by Crippen LogP contribution is -2.48. The van der Waals surface area contributed by atoms with E-state index in [4.69, 9.17) is 4.42 Å². The predicted octanol–water partition coefficient (Wildman–Crippen LogP) is 4.04. The number of thiazole rings is 1. The Morgan fingerprint density at radius 3 is 2.65 bits per heavy atom. The first-order valence-electron chi connectivity index (χ1n) is 8.68. The number of piperazine rings is 1. The van der Waals surface area contributed by atoms with E-state index in [9.17, 15) is 4.79 Å². The monoisotopic (exact) mass is 387 g/mol. The van der Waals surface area contributed by atoms with Crippen LogP contribution in [0.1, 0.15) is 26.0 Å². The fraction of sp³-hybridized carbons (Fsp3) is 0.368. The lowest BCUT2D eigenvalue weighted by atomic mass is 10.2. The molecular formula is C19H21N3O2S2. The number of nitrogens with zero attached hydrogens (tertiary/aromatic N) is 3. The number of hydrogen-bond donors (Lipinski definition) is 0. The van der Waals surface area contributed by atoms with Crippen LogP contribution in [0, 0.1) is 13.8 Å². The van der Waals surface area contributed by atoms with E-state index in [0.717, 1.165) is 59.8 Å². The number of thiophene rings is 1. The number of rotatable bonds is 4. The fourth-order valence-corrected chi connectivity index (χ4v) is 4.87. The number of aromatic nitrogens is 1. The molecule has 7 heteroatoms. The van der Waals surface area contributed by atoms with Gasteiger partial charge in [0.1, 0.15) is 10.6 Å². The minimum Gasteiger partial charge on any atom is -0.459 e. The number of aryl methyl sites for hydroxylation is 2. The van der Waals surface area contributed by atoms with Crippen molar-refractivity contribution >= 4 is 28.6 Å². The highest BCUT2D eigenvalue weighted by Crippen LogP contribution is 2.30. The SMILES string of the molecule is Cc1ccc(-c2nc(C)c(C(=O)N3CCN(Cc4cccs4)CC3)s2)o1. The van der Waals surface area contributed by atoms with E-state index < -0.39 is 0 Å². The third-order valence-corrected chi connectivity index (χ3v) is 6.58. The van der Waals surface area contributed by atoms with Crippen molar-refractivity contribution in [3.8, 4) is 10.8 Å². The molecule has 0 N–H and O–H groups in total. The van der Waals surface area contributed by atoms with Gasteiger partial charge in [0.2, 0.25) is 0 Å². The van der Waals surface area contributed by atoms with Gasteiger partial charge in [0.25, 0.3) is 5.91 Å². The summed E-state index contributed by atoms with van der Waals surface area (Å²) in [5, 5.41) is 2.88.